The van der Waals surface area contributed by atoms with E-state index in [9.17, 15) is 19.2 Å². The van der Waals surface area contributed by atoms with Crippen LogP contribution in [0.25, 0.3) is 0 Å². The minimum atomic E-state index is -1.50. The lowest BCUT2D eigenvalue weighted by molar-refractivity contribution is -0.289. The largest absolute Gasteiger partial charge is 0.463 e. The lowest BCUT2D eigenvalue weighted by Gasteiger charge is -2.32. The van der Waals surface area contributed by atoms with Gasteiger partial charge in [-0.2, -0.15) is 0 Å². The molecule has 0 N–H and O–H groups in total. The van der Waals surface area contributed by atoms with E-state index in [0.29, 0.717) is 5.75 Å². The summed E-state index contributed by atoms with van der Waals surface area (Å²) < 4.78 is 31.8. The molecular weight excluding hydrogens is 420 g/mol. The van der Waals surface area contributed by atoms with E-state index in [1.807, 2.05) is 0 Å². The first kappa shape index (κ1) is 28.1. The number of carbonyl (C=O) groups is 4. The van der Waals surface area contributed by atoms with Crippen LogP contribution in [0.4, 0.5) is 0 Å². The van der Waals surface area contributed by atoms with Gasteiger partial charge in [0.25, 0.3) is 6.29 Å². The van der Waals surface area contributed by atoms with Gasteiger partial charge in [0.1, 0.15) is 18.8 Å². The second-order valence-corrected chi connectivity index (χ2v) is 12.0. The summed E-state index contributed by atoms with van der Waals surface area (Å²) in [5.41, 5.74) is 0. The Morgan fingerprint density at radius 3 is 1.67 bits per heavy atom. The zero-order valence-electron chi connectivity index (χ0n) is 18.9. The molecule has 10 nitrogen and oxygen atoms in total. The van der Waals surface area contributed by atoms with E-state index in [2.05, 4.69) is 18.8 Å². The molecule has 11 heteroatoms. The molecule has 0 fully saturated rings. The summed E-state index contributed by atoms with van der Waals surface area (Å²) in [6.45, 7) is 6.23. The Balaban J connectivity index is 5.62. The Hall–Kier alpha value is -1.85. The Kier molecular flexibility index (Phi) is 12.6. The van der Waals surface area contributed by atoms with E-state index in [4.69, 9.17) is 28.4 Å². The van der Waals surface area contributed by atoms with Crippen molar-refractivity contribution in [2.45, 2.75) is 59.4 Å². The van der Waals surface area contributed by atoms with Gasteiger partial charge in [0.05, 0.1) is 6.61 Å². The third-order valence-electron chi connectivity index (χ3n) is 3.40. The molecule has 0 saturated heterocycles. The average molecular weight is 455 g/mol. The van der Waals surface area contributed by atoms with Crippen LogP contribution in [0.1, 0.15) is 34.6 Å². The normalized spacial score (nSPS) is 15.0. The monoisotopic (exact) mass is 454 g/mol. The Morgan fingerprint density at radius 1 is 0.767 bits per heavy atom. The molecule has 0 saturated carbocycles. The van der Waals surface area contributed by atoms with Crippen molar-refractivity contribution in [1.29, 1.82) is 0 Å². The predicted octanol–water partition coefficient (Wildman–Crippen LogP) is 1.38. The van der Waals surface area contributed by atoms with E-state index < -0.39 is 58.7 Å². The van der Waals surface area contributed by atoms with Gasteiger partial charge in [-0.1, -0.05) is 0 Å². The second kappa shape index (κ2) is 13.5. The fraction of sp³-hybridized carbons (Fsp3) is 0.789. The van der Waals surface area contributed by atoms with Crippen molar-refractivity contribution in [2.75, 3.05) is 37.7 Å². The first-order valence-electron chi connectivity index (χ1n) is 9.29. The lowest BCUT2D eigenvalue weighted by atomic mass is 10.2. The molecule has 3 atom stereocenters. The number of hydrogen-bond acceptors (Lipinski definition) is 10. The smallest absolute Gasteiger partial charge is 0.305 e. The third kappa shape index (κ3) is 14.2. The number of ether oxygens (including phenoxy) is 6. The van der Waals surface area contributed by atoms with Gasteiger partial charge in [0.15, 0.2) is 0 Å². The van der Waals surface area contributed by atoms with E-state index in [-0.39, 0.29) is 13.2 Å². The van der Waals surface area contributed by atoms with Crippen LogP contribution in [0.2, 0.25) is 0 Å². The van der Waals surface area contributed by atoms with Gasteiger partial charge in [-0.3, -0.25) is 19.2 Å². The maximum absolute atomic E-state index is 11.5. The molecule has 0 aliphatic carbocycles. The molecule has 30 heavy (non-hydrogen) atoms. The van der Waals surface area contributed by atoms with Crippen LogP contribution in [0.3, 0.4) is 0 Å². The van der Waals surface area contributed by atoms with Crippen LogP contribution in [0.5, 0.6) is 0 Å². The molecule has 0 bridgehead atoms. The van der Waals surface area contributed by atoms with E-state index in [0.717, 1.165) is 13.8 Å². The zero-order chi connectivity index (χ0) is 23.5. The molecule has 0 aromatic carbocycles. The van der Waals surface area contributed by atoms with Gasteiger partial charge in [-0.05, 0) is 25.7 Å². The molecule has 0 rings (SSSR count). The highest BCUT2D eigenvalue weighted by Crippen LogP contribution is 2.34. The van der Waals surface area contributed by atoms with Gasteiger partial charge in [-0.25, -0.2) is 10.0 Å². The molecule has 0 aromatic heterocycles. The zero-order valence-corrected chi connectivity index (χ0v) is 19.7. The highest BCUT2D eigenvalue weighted by atomic mass is 32.3. The van der Waals surface area contributed by atoms with Crippen molar-refractivity contribution >= 4 is 33.9 Å². The van der Waals surface area contributed by atoms with Crippen LogP contribution in [0, 0.1) is 0 Å². The topological polar surface area (TPSA) is 124 Å². The van der Waals surface area contributed by atoms with Gasteiger partial charge < -0.3 is 28.4 Å². The average Bonchev–Trinajstić information content (AvgIpc) is 2.53. The van der Waals surface area contributed by atoms with Crippen LogP contribution >= 0.6 is 10.0 Å². The first-order valence-corrected chi connectivity index (χ1v) is 12.3. The SMILES string of the molecule is CC(=O)OCC(OC(OCCS(C)(C)C)C(OC(C)=O)OC(C)=O)C(C)OC(C)=O. The predicted molar refractivity (Wildman–Crippen MR) is 110 cm³/mol. The lowest BCUT2D eigenvalue weighted by Crippen LogP contribution is -2.46. The number of hydrogen-bond donors (Lipinski definition) is 0. The molecular formula is C19H34O10S. The molecule has 3 unspecified atom stereocenters. The van der Waals surface area contributed by atoms with E-state index >= 15 is 0 Å². The fourth-order valence-corrected chi connectivity index (χ4v) is 2.65. The highest BCUT2D eigenvalue weighted by molar-refractivity contribution is 8.32. The summed E-state index contributed by atoms with van der Waals surface area (Å²) in [4.78, 5) is 45.6. The molecule has 0 aliphatic heterocycles. The van der Waals surface area contributed by atoms with Crippen molar-refractivity contribution in [1.82, 2.24) is 0 Å². The summed E-state index contributed by atoms with van der Waals surface area (Å²) in [6.07, 6.45) is 1.63. The molecule has 0 radical (unpaired) electrons. The van der Waals surface area contributed by atoms with Crippen LogP contribution in [-0.4, -0.2) is 86.4 Å². The molecule has 0 aromatic rings. The highest BCUT2D eigenvalue weighted by Gasteiger charge is 2.35. The quantitative estimate of drug-likeness (QED) is 0.229. The van der Waals surface area contributed by atoms with Gasteiger partial charge in [-0.15, -0.1) is 0 Å². The van der Waals surface area contributed by atoms with Gasteiger partial charge in [0.2, 0.25) is 6.29 Å². The first-order chi connectivity index (χ1) is 13.7. The van der Waals surface area contributed by atoms with E-state index in [1.54, 1.807) is 6.92 Å². The maximum Gasteiger partial charge on any atom is 0.305 e. The minimum absolute atomic E-state index is 0.227. The Bertz CT molecular complexity index is 570. The van der Waals surface area contributed by atoms with E-state index in [1.165, 1.54) is 13.8 Å². The summed E-state index contributed by atoms with van der Waals surface area (Å²) >= 11 is 0. The van der Waals surface area contributed by atoms with Crippen molar-refractivity contribution < 1.29 is 47.6 Å². The molecule has 176 valence electrons. The standard InChI is InChI=1S/C19H34O10S/c1-12(26-14(3)21)17(11-25-13(2)20)29-18(24-9-10-30(6,7)8)19(27-15(4)22)28-16(5)23/h12,17-19H,9-11H2,1-8H3. The third-order valence-corrected chi connectivity index (χ3v) is 4.79. The van der Waals surface area contributed by atoms with Gasteiger partial charge in [0, 0.05) is 33.4 Å². The summed E-state index contributed by atoms with van der Waals surface area (Å²) in [7, 11) is -0.909. The fourth-order valence-electron chi connectivity index (χ4n) is 2.05. The van der Waals surface area contributed by atoms with Crippen LogP contribution in [-0.2, 0) is 47.6 Å². The summed E-state index contributed by atoms with van der Waals surface area (Å²) in [5.74, 6) is -1.87. The van der Waals surface area contributed by atoms with Crippen molar-refractivity contribution in [2.24, 2.45) is 0 Å². The maximum atomic E-state index is 11.5. The molecule has 0 aliphatic rings. The summed E-state index contributed by atoms with van der Waals surface area (Å²) in [5, 5.41) is 0. The minimum Gasteiger partial charge on any atom is -0.463 e. The Morgan fingerprint density at radius 2 is 1.27 bits per heavy atom. The second-order valence-electron chi connectivity index (χ2n) is 7.41. The number of carbonyl (C=O) groups excluding carboxylic acids is 4. The summed E-state index contributed by atoms with van der Waals surface area (Å²) in [6, 6.07) is 0. The van der Waals surface area contributed by atoms with Gasteiger partial charge >= 0.3 is 23.9 Å². The van der Waals surface area contributed by atoms with Crippen molar-refractivity contribution in [3.8, 4) is 0 Å². The molecule has 0 heterocycles. The molecule has 0 spiro atoms. The van der Waals surface area contributed by atoms with Crippen molar-refractivity contribution in [3.05, 3.63) is 0 Å². The molecule has 0 amide bonds. The van der Waals surface area contributed by atoms with Crippen molar-refractivity contribution in [3.63, 3.8) is 0 Å². The number of rotatable bonds is 13. The van der Waals surface area contributed by atoms with Crippen LogP contribution < -0.4 is 0 Å². The van der Waals surface area contributed by atoms with Crippen LogP contribution in [0.15, 0.2) is 0 Å². The number of esters is 4. The Labute approximate surface area is 179 Å².